The SMILES string of the molecule is COc1ccc(NC(=O)N(Cc2ccc(OCc3ccccc3)cc2)C(C)c2ccccc2)cc1. The Kier molecular flexibility index (Phi) is 8.02. The average molecular weight is 467 g/mol. The lowest BCUT2D eigenvalue weighted by atomic mass is 10.1. The number of amides is 2. The van der Waals surface area contributed by atoms with Crippen molar-refractivity contribution in [1.29, 1.82) is 0 Å². The van der Waals surface area contributed by atoms with E-state index in [0.717, 1.165) is 28.2 Å². The lowest BCUT2D eigenvalue weighted by Gasteiger charge is -2.30. The number of nitrogens with zero attached hydrogens (tertiary/aromatic N) is 1. The van der Waals surface area contributed by atoms with Crippen LogP contribution in [-0.2, 0) is 13.2 Å². The van der Waals surface area contributed by atoms with Crippen LogP contribution in [0, 0.1) is 0 Å². The van der Waals surface area contributed by atoms with E-state index in [1.807, 2.05) is 121 Å². The number of ether oxygens (including phenoxy) is 2. The highest BCUT2D eigenvalue weighted by atomic mass is 16.5. The summed E-state index contributed by atoms with van der Waals surface area (Å²) in [5, 5.41) is 3.02. The molecule has 35 heavy (non-hydrogen) atoms. The minimum absolute atomic E-state index is 0.122. The monoisotopic (exact) mass is 466 g/mol. The molecule has 1 unspecified atom stereocenters. The summed E-state index contributed by atoms with van der Waals surface area (Å²) in [7, 11) is 1.62. The van der Waals surface area contributed by atoms with Gasteiger partial charge in [-0.3, -0.25) is 0 Å². The topological polar surface area (TPSA) is 50.8 Å². The van der Waals surface area contributed by atoms with Gasteiger partial charge < -0.3 is 19.7 Å². The summed E-state index contributed by atoms with van der Waals surface area (Å²) in [5.41, 5.74) is 3.92. The van der Waals surface area contributed by atoms with Crippen molar-refractivity contribution in [1.82, 2.24) is 4.90 Å². The molecule has 5 nitrogen and oxygen atoms in total. The molecule has 0 aromatic heterocycles. The van der Waals surface area contributed by atoms with Gasteiger partial charge in [-0.1, -0.05) is 72.8 Å². The number of carbonyl (C=O) groups is 1. The van der Waals surface area contributed by atoms with Gasteiger partial charge in [0, 0.05) is 12.2 Å². The third-order valence-electron chi connectivity index (χ3n) is 5.88. The number of anilines is 1. The molecule has 1 N–H and O–H groups in total. The summed E-state index contributed by atoms with van der Waals surface area (Å²) >= 11 is 0. The van der Waals surface area contributed by atoms with Crippen LogP contribution in [0.2, 0.25) is 0 Å². The molecule has 4 aromatic rings. The number of hydrogen-bond donors (Lipinski definition) is 1. The van der Waals surface area contributed by atoms with Gasteiger partial charge in [0.05, 0.1) is 13.2 Å². The molecule has 0 heterocycles. The lowest BCUT2D eigenvalue weighted by Crippen LogP contribution is -2.36. The van der Waals surface area contributed by atoms with E-state index in [-0.39, 0.29) is 12.1 Å². The van der Waals surface area contributed by atoms with Crippen LogP contribution in [0.4, 0.5) is 10.5 Å². The second-order valence-corrected chi connectivity index (χ2v) is 8.29. The molecule has 0 aliphatic heterocycles. The van der Waals surface area contributed by atoms with Crippen LogP contribution < -0.4 is 14.8 Å². The third-order valence-corrected chi connectivity index (χ3v) is 5.88. The Labute approximate surface area is 206 Å². The van der Waals surface area contributed by atoms with Gasteiger partial charge >= 0.3 is 6.03 Å². The van der Waals surface area contributed by atoms with Gasteiger partial charge in [-0.05, 0) is 60.0 Å². The normalized spacial score (nSPS) is 11.4. The Morgan fingerprint density at radius 3 is 2.00 bits per heavy atom. The number of benzene rings is 4. The summed E-state index contributed by atoms with van der Waals surface area (Å²) in [6.45, 7) is 3.01. The average Bonchev–Trinajstić information content (AvgIpc) is 2.92. The van der Waals surface area contributed by atoms with Crippen LogP contribution in [-0.4, -0.2) is 18.0 Å². The van der Waals surface area contributed by atoms with Crippen LogP contribution in [0.3, 0.4) is 0 Å². The third kappa shape index (κ3) is 6.64. The van der Waals surface area contributed by atoms with E-state index in [4.69, 9.17) is 9.47 Å². The Balaban J connectivity index is 1.47. The second-order valence-electron chi connectivity index (χ2n) is 8.29. The summed E-state index contributed by atoms with van der Waals surface area (Å²) in [5.74, 6) is 1.54. The van der Waals surface area contributed by atoms with Crippen LogP contribution in [0.15, 0.2) is 109 Å². The minimum atomic E-state index is -0.170. The summed E-state index contributed by atoms with van der Waals surface area (Å²) < 4.78 is 11.1. The van der Waals surface area contributed by atoms with Crippen molar-refractivity contribution in [3.63, 3.8) is 0 Å². The summed E-state index contributed by atoms with van der Waals surface area (Å²) in [6.07, 6.45) is 0. The number of urea groups is 1. The largest absolute Gasteiger partial charge is 0.497 e. The number of carbonyl (C=O) groups excluding carboxylic acids is 1. The van der Waals surface area contributed by atoms with E-state index in [0.29, 0.717) is 18.8 Å². The van der Waals surface area contributed by atoms with Gasteiger partial charge in [-0.15, -0.1) is 0 Å². The highest BCUT2D eigenvalue weighted by Crippen LogP contribution is 2.25. The molecule has 0 fully saturated rings. The number of nitrogens with one attached hydrogen (secondary N) is 1. The summed E-state index contributed by atoms with van der Waals surface area (Å²) in [6, 6.07) is 35.1. The predicted molar refractivity (Wildman–Crippen MR) is 140 cm³/mol. The van der Waals surface area contributed by atoms with Crippen LogP contribution in [0.5, 0.6) is 11.5 Å². The maximum absolute atomic E-state index is 13.4. The first-order chi connectivity index (χ1) is 17.1. The first-order valence-electron chi connectivity index (χ1n) is 11.6. The van der Waals surface area contributed by atoms with Crippen LogP contribution >= 0.6 is 0 Å². The molecule has 0 saturated heterocycles. The van der Waals surface area contributed by atoms with Crippen molar-refractivity contribution in [2.24, 2.45) is 0 Å². The zero-order valence-electron chi connectivity index (χ0n) is 20.1. The van der Waals surface area contributed by atoms with E-state index >= 15 is 0 Å². The van der Waals surface area contributed by atoms with Gasteiger partial charge in [0.1, 0.15) is 18.1 Å². The molecule has 0 spiro atoms. The first-order valence-corrected chi connectivity index (χ1v) is 11.6. The Morgan fingerprint density at radius 2 is 1.37 bits per heavy atom. The molecular weight excluding hydrogens is 436 g/mol. The Hall–Kier alpha value is -4.25. The fourth-order valence-corrected chi connectivity index (χ4v) is 3.79. The van der Waals surface area contributed by atoms with Gasteiger partial charge in [-0.2, -0.15) is 0 Å². The predicted octanol–water partition coefficient (Wildman–Crippen LogP) is 7.07. The van der Waals surface area contributed by atoms with Crippen LogP contribution in [0.1, 0.15) is 29.7 Å². The molecule has 178 valence electrons. The van der Waals surface area contributed by atoms with Gasteiger partial charge in [0.15, 0.2) is 0 Å². The van der Waals surface area contributed by atoms with E-state index in [9.17, 15) is 4.79 Å². The smallest absolute Gasteiger partial charge is 0.322 e. The van der Waals surface area contributed by atoms with E-state index < -0.39 is 0 Å². The molecule has 0 radical (unpaired) electrons. The fraction of sp³-hybridized carbons (Fsp3) is 0.167. The second kappa shape index (κ2) is 11.7. The maximum atomic E-state index is 13.4. The molecule has 0 aliphatic carbocycles. The van der Waals surface area contributed by atoms with Gasteiger partial charge in [-0.25, -0.2) is 4.79 Å². The molecule has 1 atom stereocenters. The standard InChI is InChI=1S/C30H30N2O3/c1-23(26-11-7-4-8-12-26)32(30(33)31-27-15-19-28(34-2)20-16-27)21-24-13-17-29(18-14-24)35-22-25-9-5-3-6-10-25/h3-20,23H,21-22H2,1-2H3,(H,31,33). The molecule has 0 bridgehead atoms. The van der Waals surface area contributed by atoms with E-state index in [1.165, 1.54) is 0 Å². The number of rotatable bonds is 9. The van der Waals surface area contributed by atoms with Crippen LogP contribution in [0.25, 0.3) is 0 Å². The van der Waals surface area contributed by atoms with Crippen molar-refractivity contribution in [2.45, 2.75) is 26.1 Å². The molecule has 4 aromatic carbocycles. The Bertz CT molecular complexity index is 1190. The van der Waals surface area contributed by atoms with Crippen molar-refractivity contribution in [2.75, 3.05) is 12.4 Å². The minimum Gasteiger partial charge on any atom is -0.497 e. The van der Waals surface area contributed by atoms with Crippen molar-refractivity contribution in [3.8, 4) is 11.5 Å². The number of hydrogen-bond acceptors (Lipinski definition) is 3. The van der Waals surface area contributed by atoms with Gasteiger partial charge in [0.2, 0.25) is 0 Å². The fourth-order valence-electron chi connectivity index (χ4n) is 3.79. The molecule has 0 saturated carbocycles. The zero-order valence-corrected chi connectivity index (χ0v) is 20.1. The lowest BCUT2D eigenvalue weighted by molar-refractivity contribution is 0.189. The Morgan fingerprint density at radius 1 is 0.771 bits per heavy atom. The highest BCUT2D eigenvalue weighted by Gasteiger charge is 2.22. The van der Waals surface area contributed by atoms with Gasteiger partial charge in [0.25, 0.3) is 0 Å². The zero-order chi connectivity index (χ0) is 24.5. The molecular formula is C30H30N2O3. The maximum Gasteiger partial charge on any atom is 0.322 e. The first kappa shape index (κ1) is 23.9. The van der Waals surface area contributed by atoms with E-state index in [2.05, 4.69) is 5.32 Å². The summed E-state index contributed by atoms with van der Waals surface area (Å²) in [4.78, 5) is 15.2. The quantitative estimate of drug-likeness (QED) is 0.287. The van der Waals surface area contributed by atoms with Crippen molar-refractivity contribution in [3.05, 3.63) is 126 Å². The highest BCUT2D eigenvalue weighted by molar-refractivity contribution is 5.89. The molecule has 2 amide bonds. The number of methoxy groups -OCH3 is 1. The van der Waals surface area contributed by atoms with E-state index in [1.54, 1.807) is 7.11 Å². The molecule has 4 rings (SSSR count). The molecule has 0 aliphatic rings. The van der Waals surface area contributed by atoms with Crippen molar-refractivity contribution >= 4 is 11.7 Å². The molecule has 5 heteroatoms. The van der Waals surface area contributed by atoms with Crippen molar-refractivity contribution < 1.29 is 14.3 Å².